The molecule has 0 unspecified atom stereocenters. The summed E-state index contributed by atoms with van der Waals surface area (Å²) in [6, 6.07) is 11.4. The Morgan fingerprint density at radius 3 is 2.35 bits per heavy atom. The normalized spacial score (nSPS) is 17.8. The fraction of sp³-hybridized carbons (Fsp3) is 0.407. The minimum absolute atomic E-state index is 0.288. The summed E-state index contributed by atoms with van der Waals surface area (Å²) < 4.78 is 17.4. The minimum Gasteiger partial charge on any atom is -0.382 e. The van der Waals surface area contributed by atoms with Crippen LogP contribution >= 0.6 is 0 Å². The lowest BCUT2D eigenvalue weighted by Crippen LogP contribution is -2.21. The van der Waals surface area contributed by atoms with Gasteiger partial charge in [-0.1, -0.05) is 12.1 Å². The van der Waals surface area contributed by atoms with Gasteiger partial charge >= 0.3 is 0 Å². The summed E-state index contributed by atoms with van der Waals surface area (Å²) in [5, 5.41) is 15.4. The zero-order valence-corrected chi connectivity index (χ0v) is 20.9. The standard InChI is InChI=1S/C27H30N8O2/c1-17-21-3-2-18(14-25(21)34(32-17)20-7-12-37-13-8-20)24-15-22(26-27(28)29-16-31-35(24)26)23-4-9-30-33(23)19-5-10-36-11-6-19/h2-4,9,14-16,19-20H,5-8,10-13H2,1H3,(H2,28,29,31). The molecule has 2 N–H and O–H groups in total. The van der Waals surface area contributed by atoms with Crippen molar-refractivity contribution in [2.75, 3.05) is 32.2 Å². The summed E-state index contributed by atoms with van der Waals surface area (Å²) in [6.45, 7) is 5.12. The molecule has 190 valence electrons. The third-order valence-corrected chi connectivity index (χ3v) is 7.79. The van der Waals surface area contributed by atoms with E-state index in [9.17, 15) is 0 Å². The Morgan fingerprint density at radius 1 is 0.865 bits per heavy atom. The zero-order valence-electron chi connectivity index (χ0n) is 20.9. The second-order valence-corrected chi connectivity index (χ2v) is 9.96. The van der Waals surface area contributed by atoms with Crippen molar-refractivity contribution in [3.05, 3.63) is 48.5 Å². The summed E-state index contributed by atoms with van der Waals surface area (Å²) in [7, 11) is 0. The number of hydrogen-bond donors (Lipinski definition) is 1. The third kappa shape index (κ3) is 3.70. The first-order chi connectivity index (χ1) is 18.2. The van der Waals surface area contributed by atoms with Gasteiger partial charge in [0.2, 0.25) is 0 Å². The Morgan fingerprint density at radius 2 is 1.59 bits per heavy atom. The summed E-state index contributed by atoms with van der Waals surface area (Å²) >= 11 is 0. The number of fused-ring (bicyclic) bond motifs is 2. The largest absolute Gasteiger partial charge is 0.382 e. The van der Waals surface area contributed by atoms with Gasteiger partial charge in [-0.2, -0.15) is 15.3 Å². The number of nitrogen functional groups attached to an aromatic ring is 1. The minimum atomic E-state index is 0.288. The smallest absolute Gasteiger partial charge is 0.152 e. The van der Waals surface area contributed by atoms with Crippen LogP contribution in [-0.2, 0) is 9.47 Å². The summed E-state index contributed by atoms with van der Waals surface area (Å²) in [5.41, 5.74) is 13.4. The molecule has 10 nitrogen and oxygen atoms in total. The maximum Gasteiger partial charge on any atom is 0.152 e. The van der Waals surface area contributed by atoms with Crippen molar-refractivity contribution in [3.8, 4) is 22.5 Å². The van der Waals surface area contributed by atoms with Gasteiger partial charge in [0.1, 0.15) is 11.8 Å². The second-order valence-electron chi connectivity index (χ2n) is 9.96. The Labute approximate surface area is 214 Å². The molecule has 0 aliphatic carbocycles. The van der Waals surface area contributed by atoms with E-state index < -0.39 is 0 Å². The molecule has 37 heavy (non-hydrogen) atoms. The van der Waals surface area contributed by atoms with Crippen LogP contribution in [0.25, 0.3) is 38.9 Å². The predicted octanol–water partition coefficient (Wildman–Crippen LogP) is 4.20. The molecule has 5 aromatic rings. The summed E-state index contributed by atoms with van der Waals surface area (Å²) in [4.78, 5) is 4.33. The molecule has 4 aromatic heterocycles. The molecule has 2 fully saturated rings. The maximum atomic E-state index is 6.45. The highest BCUT2D eigenvalue weighted by atomic mass is 16.5. The van der Waals surface area contributed by atoms with Gasteiger partial charge in [-0.05, 0) is 50.8 Å². The number of aryl methyl sites for hydroxylation is 1. The van der Waals surface area contributed by atoms with E-state index in [1.54, 1.807) is 0 Å². The molecule has 2 aliphatic heterocycles. The molecule has 0 amide bonds. The Bertz CT molecular complexity index is 1590. The van der Waals surface area contributed by atoms with Gasteiger partial charge in [0.05, 0.1) is 34.7 Å². The Kier molecular flexibility index (Phi) is 5.44. The van der Waals surface area contributed by atoms with Crippen LogP contribution in [0, 0.1) is 6.92 Å². The van der Waals surface area contributed by atoms with Crippen molar-refractivity contribution in [1.29, 1.82) is 0 Å². The lowest BCUT2D eigenvalue weighted by molar-refractivity contribution is 0.0667. The van der Waals surface area contributed by atoms with Crippen molar-refractivity contribution >= 4 is 22.2 Å². The van der Waals surface area contributed by atoms with Crippen molar-refractivity contribution < 1.29 is 9.47 Å². The van der Waals surface area contributed by atoms with Gasteiger partial charge < -0.3 is 15.2 Å². The van der Waals surface area contributed by atoms with Gasteiger partial charge in [-0.25, -0.2) is 9.50 Å². The number of nitrogens with zero attached hydrogens (tertiary/aromatic N) is 7. The van der Waals surface area contributed by atoms with E-state index in [2.05, 4.69) is 50.6 Å². The van der Waals surface area contributed by atoms with E-state index in [-0.39, 0.29) is 6.04 Å². The molecular formula is C27H30N8O2. The number of rotatable bonds is 4. The van der Waals surface area contributed by atoms with Crippen LogP contribution in [0.15, 0.2) is 42.9 Å². The number of hydrogen-bond acceptors (Lipinski definition) is 7. The fourth-order valence-electron chi connectivity index (χ4n) is 5.88. The molecule has 7 rings (SSSR count). The second kappa shape index (κ2) is 8.97. The zero-order chi connectivity index (χ0) is 24.9. The number of anilines is 1. The van der Waals surface area contributed by atoms with Crippen molar-refractivity contribution in [1.82, 2.24) is 34.2 Å². The molecule has 0 radical (unpaired) electrons. The lowest BCUT2D eigenvalue weighted by atomic mass is 10.1. The molecular weight excluding hydrogens is 468 g/mol. The van der Waals surface area contributed by atoms with Crippen LogP contribution < -0.4 is 5.73 Å². The van der Waals surface area contributed by atoms with E-state index in [0.717, 1.165) is 91.4 Å². The SMILES string of the molecule is Cc1nn(C2CCOCC2)c2cc(-c3cc(-c4ccnn4C4CCOCC4)c4c(N)ncnn34)ccc12. The molecule has 2 saturated heterocycles. The van der Waals surface area contributed by atoms with E-state index in [1.165, 1.54) is 11.7 Å². The van der Waals surface area contributed by atoms with Crippen molar-refractivity contribution in [2.24, 2.45) is 0 Å². The quantitative estimate of drug-likeness (QED) is 0.395. The Balaban J connectivity index is 1.39. The van der Waals surface area contributed by atoms with Gasteiger partial charge in [0.15, 0.2) is 5.82 Å². The first kappa shape index (κ1) is 22.4. The highest BCUT2D eigenvalue weighted by Gasteiger charge is 2.25. The molecule has 2 aliphatic rings. The molecule has 0 bridgehead atoms. The fourth-order valence-corrected chi connectivity index (χ4v) is 5.88. The number of ether oxygens (including phenoxy) is 2. The van der Waals surface area contributed by atoms with Crippen LogP contribution in [0.1, 0.15) is 43.5 Å². The van der Waals surface area contributed by atoms with Gasteiger partial charge in [-0.3, -0.25) is 9.36 Å². The molecule has 1 aromatic carbocycles. The van der Waals surface area contributed by atoms with Crippen LogP contribution in [-0.4, -0.2) is 60.6 Å². The molecule has 10 heteroatoms. The first-order valence-electron chi connectivity index (χ1n) is 13.0. The van der Waals surface area contributed by atoms with Gasteiger partial charge in [0.25, 0.3) is 0 Å². The molecule has 0 spiro atoms. The number of aromatic nitrogens is 7. The molecule has 0 saturated carbocycles. The van der Waals surface area contributed by atoms with Crippen LogP contribution in [0.3, 0.4) is 0 Å². The van der Waals surface area contributed by atoms with Crippen LogP contribution in [0.2, 0.25) is 0 Å². The topological polar surface area (TPSA) is 110 Å². The van der Waals surface area contributed by atoms with Crippen LogP contribution in [0.5, 0.6) is 0 Å². The maximum absolute atomic E-state index is 6.45. The van der Waals surface area contributed by atoms with E-state index >= 15 is 0 Å². The number of nitrogens with two attached hydrogens (primary N) is 1. The summed E-state index contributed by atoms with van der Waals surface area (Å²) in [6.07, 6.45) is 7.18. The molecule has 6 heterocycles. The number of benzene rings is 1. The highest BCUT2D eigenvalue weighted by Crippen LogP contribution is 2.38. The van der Waals surface area contributed by atoms with E-state index in [4.69, 9.17) is 25.4 Å². The monoisotopic (exact) mass is 498 g/mol. The van der Waals surface area contributed by atoms with Gasteiger partial charge in [-0.15, -0.1) is 0 Å². The highest BCUT2D eigenvalue weighted by molar-refractivity contribution is 5.93. The lowest BCUT2D eigenvalue weighted by Gasteiger charge is -2.24. The van der Waals surface area contributed by atoms with E-state index in [1.807, 2.05) is 16.8 Å². The average Bonchev–Trinajstić information content (AvgIpc) is 3.66. The van der Waals surface area contributed by atoms with Gasteiger partial charge in [0, 0.05) is 49.1 Å². The average molecular weight is 499 g/mol. The summed E-state index contributed by atoms with van der Waals surface area (Å²) in [5.74, 6) is 0.445. The van der Waals surface area contributed by atoms with Crippen molar-refractivity contribution in [3.63, 3.8) is 0 Å². The van der Waals surface area contributed by atoms with Crippen molar-refractivity contribution in [2.45, 2.75) is 44.7 Å². The third-order valence-electron chi connectivity index (χ3n) is 7.79. The first-order valence-corrected chi connectivity index (χ1v) is 13.0. The van der Waals surface area contributed by atoms with E-state index in [0.29, 0.717) is 11.9 Å². The van der Waals surface area contributed by atoms with Crippen LogP contribution in [0.4, 0.5) is 5.82 Å². The Hall–Kier alpha value is -3.76. The predicted molar refractivity (Wildman–Crippen MR) is 140 cm³/mol. The molecule has 0 atom stereocenters.